The largest absolute Gasteiger partial charge is 0.478 e. The Labute approximate surface area is 99.5 Å². The monoisotopic (exact) mass is 240 g/mol. The number of aryl methyl sites for hydroxylation is 1. The molecule has 88 valence electrons. The fourth-order valence-corrected chi connectivity index (χ4v) is 2.20. The van der Waals surface area contributed by atoms with Crippen molar-refractivity contribution in [3.05, 3.63) is 16.8 Å². The van der Waals surface area contributed by atoms with Crippen molar-refractivity contribution in [3.8, 4) is 0 Å². The molecule has 0 unspecified atom stereocenters. The zero-order valence-electron chi connectivity index (χ0n) is 10.2. The number of hydrogen-bond donors (Lipinski definition) is 1. The maximum absolute atomic E-state index is 11.2. The molecular weight excluding hydrogens is 224 g/mol. The number of aromatic nitrogens is 2. The van der Waals surface area contributed by atoms with Crippen LogP contribution in [0.5, 0.6) is 0 Å². The van der Waals surface area contributed by atoms with Crippen LogP contribution < -0.4 is 0 Å². The second kappa shape index (κ2) is 4.41. The maximum atomic E-state index is 11.2. The predicted octanol–water partition coefficient (Wildman–Crippen LogP) is 2.68. The zero-order chi connectivity index (χ0) is 12.5. The molecule has 1 N–H and O–H groups in total. The van der Waals surface area contributed by atoms with E-state index in [1.807, 2.05) is 20.8 Å². The van der Waals surface area contributed by atoms with E-state index in [0.717, 1.165) is 0 Å². The molecule has 5 heteroatoms. The molecule has 0 radical (unpaired) electrons. The molecule has 0 fully saturated rings. The topological polar surface area (TPSA) is 63.1 Å². The molecule has 0 spiro atoms. The van der Waals surface area contributed by atoms with Crippen LogP contribution in [-0.2, 0) is 0 Å². The van der Waals surface area contributed by atoms with Crippen molar-refractivity contribution in [1.29, 1.82) is 0 Å². The van der Waals surface area contributed by atoms with Crippen molar-refractivity contribution >= 4 is 17.7 Å². The van der Waals surface area contributed by atoms with Crippen molar-refractivity contribution in [2.45, 2.75) is 44.4 Å². The van der Waals surface area contributed by atoms with Crippen LogP contribution in [0.2, 0.25) is 0 Å². The summed E-state index contributed by atoms with van der Waals surface area (Å²) in [6.45, 7) is 9.57. The van der Waals surface area contributed by atoms with E-state index >= 15 is 0 Å². The quantitative estimate of drug-likeness (QED) is 0.805. The van der Waals surface area contributed by atoms with Crippen molar-refractivity contribution < 1.29 is 9.90 Å². The van der Waals surface area contributed by atoms with Crippen LogP contribution in [-0.4, -0.2) is 26.0 Å². The lowest BCUT2D eigenvalue weighted by atomic mass is 10.1. The van der Waals surface area contributed by atoms with Gasteiger partial charge in [0.2, 0.25) is 0 Å². The number of thioether (sulfide) groups is 1. The van der Waals surface area contributed by atoms with Crippen LogP contribution in [0.15, 0.2) is 5.03 Å². The van der Waals surface area contributed by atoms with Crippen LogP contribution in [0.4, 0.5) is 0 Å². The van der Waals surface area contributed by atoms with Gasteiger partial charge in [-0.3, -0.25) is 0 Å². The highest BCUT2D eigenvalue weighted by atomic mass is 32.2. The van der Waals surface area contributed by atoms with E-state index in [4.69, 9.17) is 0 Å². The number of nitrogens with zero attached hydrogens (tertiary/aromatic N) is 2. The van der Waals surface area contributed by atoms with Gasteiger partial charge in [-0.25, -0.2) is 4.79 Å². The van der Waals surface area contributed by atoms with Gasteiger partial charge in [-0.2, -0.15) is 5.10 Å². The standard InChI is InChI=1S/C11H16N2O2S/c1-6-7(2)12-13-9(8(6)10(14)15)16-11(3,4)5/h1-5H3,(H,14,15). The molecular formula is C11H16N2O2S. The lowest BCUT2D eigenvalue weighted by molar-refractivity contribution is 0.0690. The van der Waals surface area contributed by atoms with Crippen molar-refractivity contribution in [2.24, 2.45) is 0 Å². The first-order valence-electron chi connectivity index (χ1n) is 4.98. The van der Waals surface area contributed by atoms with Gasteiger partial charge in [0, 0.05) is 4.75 Å². The molecule has 0 atom stereocenters. The lowest BCUT2D eigenvalue weighted by Gasteiger charge is -2.18. The molecule has 1 aromatic heterocycles. The summed E-state index contributed by atoms with van der Waals surface area (Å²) >= 11 is 1.42. The molecule has 4 nitrogen and oxygen atoms in total. The average Bonchev–Trinajstić information content (AvgIpc) is 2.08. The number of carboxylic acids is 1. The zero-order valence-corrected chi connectivity index (χ0v) is 11.0. The Morgan fingerprint density at radius 3 is 2.25 bits per heavy atom. The van der Waals surface area contributed by atoms with Crippen LogP contribution >= 0.6 is 11.8 Å². The third-order valence-electron chi connectivity index (χ3n) is 2.04. The fourth-order valence-electron chi connectivity index (χ4n) is 1.20. The van der Waals surface area contributed by atoms with E-state index in [1.54, 1.807) is 13.8 Å². The summed E-state index contributed by atoms with van der Waals surface area (Å²) in [5.74, 6) is -0.942. The Morgan fingerprint density at radius 1 is 1.25 bits per heavy atom. The van der Waals surface area contributed by atoms with Crippen LogP contribution in [0.25, 0.3) is 0 Å². The molecule has 0 aliphatic heterocycles. The van der Waals surface area contributed by atoms with E-state index in [9.17, 15) is 9.90 Å². The van der Waals surface area contributed by atoms with E-state index in [0.29, 0.717) is 16.3 Å². The van der Waals surface area contributed by atoms with Crippen molar-refractivity contribution in [2.75, 3.05) is 0 Å². The van der Waals surface area contributed by atoms with Gasteiger partial charge in [-0.05, 0) is 19.4 Å². The minimum absolute atomic E-state index is 0.0828. The Balaban J connectivity index is 3.29. The summed E-state index contributed by atoms with van der Waals surface area (Å²) in [7, 11) is 0. The van der Waals surface area contributed by atoms with Crippen LogP contribution in [0.3, 0.4) is 0 Å². The van der Waals surface area contributed by atoms with Gasteiger partial charge in [0.1, 0.15) is 5.03 Å². The van der Waals surface area contributed by atoms with Crippen LogP contribution in [0.1, 0.15) is 42.4 Å². The molecule has 0 aromatic carbocycles. The minimum Gasteiger partial charge on any atom is -0.478 e. The maximum Gasteiger partial charge on any atom is 0.338 e. The molecule has 0 saturated heterocycles. The van der Waals surface area contributed by atoms with Gasteiger partial charge < -0.3 is 5.11 Å². The SMILES string of the molecule is Cc1nnc(SC(C)(C)C)c(C(=O)O)c1C. The van der Waals surface area contributed by atoms with Crippen LogP contribution in [0, 0.1) is 13.8 Å². The average molecular weight is 240 g/mol. The molecule has 1 aromatic rings. The summed E-state index contributed by atoms with van der Waals surface area (Å²) in [5.41, 5.74) is 1.62. The van der Waals surface area contributed by atoms with Gasteiger partial charge in [0.15, 0.2) is 0 Å². The fraction of sp³-hybridized carbons (Fsp3) is 0.545. The number of carbonyl (C=O) groups is 1. The molecule has 0 saturated carbocycles. The first kappa shape index (κ1) is 13.0. The molecule has 16 heavy (non-hydrogen) atoms. The summed E-state index contributed by atoms with van der Waals surface area (Å²) in [6, 6.07) is 0. The highest BCUT2D eigenvalue weighted by molar-refractivity contribution is 8.00. The first-order chi connectivity index (χ1) is 7.22. The Kier molecular flexibility index (Phi) is 3.57. The molecule has 1 heterocycles. The van der Waals surface area contributed by atoms with Crippen molar-refractivity contribution in [1.82, 2.24) is 10.2 Å². The number of carboxylic acid groups (broad SMARTS) is 1. The highest BCUT2D eigenvalue weighted by Gasteiger charge is 2.22. The lowest BCUT2D eigenvalue weighted by Crippen LogP contribution is -2.13. The number of rotatable bonds is 2. The number of hydrogen-bond acceptors (Lipinski definition) is 4. The third-order valence-corrected chi connectivity index (χ3v) is 3.13. The summed E-state index contributed by atoms with van der Waals surface area (Å²) < 4.78 is -0.0828. The normalized spacial score (nSPS) is 11.6. The summed E-state index contributed by atoms with van der Waals surface area (Å²) in [5, 5.41) is 17.6. The van der Waals surface area contributed by atoms with Gasteiger partial charge in [0.05, 0.1) is 11.3 Å². The summed E-state index contributed by atoms with van der Waals surface area (Å²) in [4.78, 5) is 11.2. The van der Waals surface area contributed by atoms with Gasteiger partial charge in [-0.15, -0.1) is 5.10 Å². The highest BCUT2D eigenvalue weighted by Crippen LogP contribution is 2.33. The van der Waals surface area contributed by atoms with E-state index in [1.165, 1.54) is 11.8 Å². The van der Waals surface area contributed by atoms with Gasteiger partial charge in [-0.1, -0.05) is 32.5 Å². The second-order valence-corrected chi connectivity index (χ2v) is 6.43. The Morgan fingerprint density at radius 2 is 1.81 bits per heavy atom. The molecule has 0 aliphatic carbocycles. The van der Waals surface area contributed by atoms with Crippen molar-refractivity contribution in [3.63, 3.8) is 0 Å². The second-order valence-electron chi connectivity index (χ2n) is 4.61. The number of aromatic carboxylic acids is 1. The molecule has 0 bridgehead atoms. The Bertz CT molecular complexity index is 425. The molecule has 1 rings (SSSR count). The Hall–Kier alpha value is -1.10. The van der Waals surface area contributed by atoms with E-state index in [2.05, 4.69) is 10.2 Å². The smallest absolute Gasteiger partial charge is 0.338 e. The van der Waals surface area contributed by atoms with E-state index in [-0.39, 0.29) is 10.3 Å². The van der Waals surface area contributed by atoms with E-state index < -0.39 is 5.97 Å². The summed E-state index contributed by atoms with van der Waals surface area (Å²) in [6.07, 6.45) is 0. The predicted molar refractivity (Wildman–Crippen MR) is 64.1 cm³/mol. The first-order valence-corrected chi connectivity index (χ1v) is 5.80. The van der Waals surface area contributed by atoms with Gasteiger partial charge >= 0.3 is 5.97 Å². The molecule has 0 aliphatic rings. The third kappa shape index (κ3) is 2.95. The minimum atomic E-state index is -0.942. The van der Waals surface area contributed by atoms with Gasteiger partial charge in [0.25, 0.3) is 0 Å². The molecule has 0 amide bonds.